The van der Waals surface area contributed by atoms with Crippen LogP contribution in [0.15, 0.2) is 0 Å². The molecule has 0 aliphatic rings. The summed E-state index contributed by atoms with van der Waals surface area (Å²) >= 11 is 0. The van der Waals surface area contributed by atoms with Crippen LogP contribution in [0.2, 0.25) is 0 Å². The van der Waals surface area contributed by atoms with Crippen molar-refractivity contribution < 1.29 is 4.74 Å². The standard InChI is InChI=1S/C8H20N2O/c1-2-11-8(10)6-4-3-5-7-9/h8H,2-7,9-10H2,1H3. The van der Waals surface area contributed by atoms with E-state index in [1.165, 1.54) is 0 Å². The first-order valence-electron chi connectivity index (χ1n) is 4.38. The zero-order chi connectivity index (χ0) is 8.53. The van der Waals surface area contributed by atoms with Gasteiger partial charge in [0.25, 0.3) is 0 Å². The third kappa shape index (κ3) is 7.78. The van der Waals surface area contributed by atoms with E-state index in [1.54, 1.807) is 0 Å². The van der Waals surface area contributed by atoms with Crippen molar-refractivity contribution in [3.8, 4) is 0 Å². The Morgan fingerprint density at radius 3 is 2.55 bits per heavy atom. The van der Waals surface area contributed by atoms with Gasteiger partial charge in [-0.05, 0) is 32.7 Å². The molecule has 0 aromatic heterocycles. The van der Waals surface area contributed by atoms with Crippen LogP contribution in [0.4, 0.5) is 0 Å². The number of nitrogens with two attached hydrogens (primary N) is 2. The maximum Gasteiger partial charge on any atom is 0.105 e. The third-order valence-electron chi connectivity index (χ3n) is 1.57. The van der Waals surface area contributed by atoms with Gasteiger partial charge in [0.2, 0.25) is 0 Å². The van der Waals surface area contributed by atoms with Crippen molar-refractivity contribution in [3.05, 3.63) is 0 Å². The summed E-state index contributed by atoms with van der Waals surface area (Å²) < 4.78 is 5.17. The fourth-order valence-corrected chi connectivity index (χ4v) is 0.964. The minimum atomic E-state index is -0.0715. The lowest BCUT2D eigenvalue weighted by atomic mass is 10.2. The monoisotopic (exact) mass is 160 g/mol. The predicted octanol–water partition coefficient (Wildman–Crippen LogP) is 0.827. The highest BCUT2D eigenvalue weighted by molar-refractivity contribution is 4.49. The number of hydrogen-bond acceptors (Lipinski definition) is 3. The quantitative estimate of drug-likeness (QED) is 0.428. The molecule has 0 bridgehead atoms. The molecule has 0 radical (unpaired) electrons. The fraction of sp³-hybridized carbons (Fsp3) is 1.00. The van der Waals surface area contributed by atoms with Crippen molar-refractivity contribution in [1.82, 2.24) is 0 Å². The Hall–Kier alpha value is -0.120. The van der Waals surface area contributed by atoms with Crippen LogP contribution in [0.25, 0.3) is 0 Å². The van der Waals surface area contributed by atoms with Gasteiger partial charge in [0.1, 0.15) is 6.23 Å². The lowest BCUT2D eigenvalue weighted by Gasteiger charge is -2.10. The van der Waals surface area contributed by atoms with E-state index < -0.39 is 0 Å². The summed E-state index contributed by atoms with van der Waals surface area (Å²) in [5, 5.41) is 0. The first kappa shape index (κ1) is 10.9. The normalized spacial score (nSPS) is 13.4. The smallest absolute Gasteiger partial charge is 0.105 e. The summed E-state index contributed by atoms with van der Waals surface area (Å²) in [6.45, 7) is 3.45. The lowest BCUT2D eigenvalue weighted by molar-refractivity contribution is 0.0597. The predicted molar refractivity (Wildman–Crippen MR) is 47.1 cm³/mol. The van der Waals surface area contributed by atoms with E-state index in [4.69, 9.17) is 16.2 Å². The molecule has 0 amide bonds. The third-order valence-corrected chi connectivity index (χ3v) is 1.57. The second-order valence-electron chi connectivity index (χ2n) is 2.63. The first-order valence-corrected chi connectivity index (χ1v) is 4.38. The lowest BCUT2D eigenvalue weighted by Crippen LogP contribution is -2.23. The van der Waals surface area contributed by atoms with Crippen molar-refractivity contribution in [2.75, 3.05) is 13.2 Å². The largest absolute Gasteiger partial charge is 0.364 e. The first-order chi connectivity index (χ1) is 5.31. The minimum absolute atomic E-state index is 0.0715. The molecular formula is C8H20N2O. The summed E-state index contributed by atoms with van der Waals surface area (Å²) in [4.78, 5) is 0. The van der Waals surface area contributed by atoms with Gasteiger partial charge in [-0.1, -0.05) is 6.42 Å². The van der Waals surface area contributed by atoms with Gasteiger partial charge >= 0.3 is 0 Å². The minimum Gasteiger partial charge on any atom is -0.364 e. The van der Waals surface area contributed by atoms with E-state index in [9.17, 15) is 0 Å². The molecule has 0 aliphatic heterocycles. The summed E-state index contributed by atoms with van der Waals surface area (Å²) in [6, 6.07) is 0. The van der Waals surface area contributed by atoms with E-state index in [2.05, 4.69) is 0 Å². The molecule has 0 aromatic carbocycles. The van der Waals surface area contributed by atoms with Gasteiger partial charge in [-0.25, -0.2) is 0 Å². The highest BCUT2D eigenvalue weighted by Crippen LogP contribution is 2.01. The molecule has 0 spiro atoms. The van der Waals surface area contributed by atoms with E-state index in [0.29, 0.717) is 6.61 Å². The molecule has 0 fully saturated rings. The Labute approximate surface area is 69.1 Å². The maximum atomic E-state index is 5.61. The second kappa shape index (κ2) is 7.98. The Morgan fingerprint density at radius 1 is 1.27 bits per heavy atom. The second-order valence-corrected chi connectivity index (χ2v) is 2.63. The summed E-state index contributed by atoms with van der Waals surface area (Å²) in [5.41, 5.74) is 11.0. The molecule has 4 N–H and O–H groups in total. The van der Waals surface area contributed by atoms with Gasteiger partial charge < -0.3 is 16.2 Å². The zero-order valence-electron chi connectivity index (χ0n) is 7.38. The topological polar surface area (TPSA) is 61.3 Å². The van der Waals surface area contributed by atoms with Gasteiger partial charge in [-0.2, -0.15) is 0 Å². The van der Waals surface area contributed by atoms with Crippen LogP contribution >= 0.6 is 0 Å². The van der Waals surface area contributed by atoms with E-state index in [-0.39, 0.29) is 6.23 Å². The van der Waals surface area contributed by atoms with Crippen molar-refractivity contribution in [1.29, 1.82) is 0 Å². The molecule has 3 nitrogen and oxygen atoms in total. The van der Waals surface area contributed by atoms with Gasteiger partial charge in [0.05, 0.1) is 0 Å². The SMILES string of the molecule is CCOC(N)CCCCCN. The van der Waals surface area contributed by atoms with E-state index >= 15 is 0 Å². The van der Waals surface area contributed by atoms with Crippen LogP contribution in [-0.2, 0) is 4.74 Å². The fourth-order valence-electron chi connectivity index (χ4n) is 0.964. The number of ether oxygens (including phenoxy) is 1. The molecule has 0 saturated carbocycles. The summed E-state index contributed by atoms with van der Waals surface area (Å²) in [6.07, 6.45) is 4.26. The molecule has 0 heterocycles. The number of unbranched alkanes of at least 4 members (excludes halogenated alkanes) is 2. The Balaban J connectivity index is 2.97. The molecule has 1 atom stereocenters. The molecule has 0 aromatic rings. The highest BCUT2D eigenvalue weighted by atomic mass is 16.5. The van der Waals surface area contributed by atoms with Crippen molar-refractivity contribution in [3.63, 3.8) is 0 Å². The van der Waals surface area contributed by atoms with Gasteiger partial charge in [-0.15, -0.1) is 0 Å². The molecule has 0 rings (SSSR count). The average Bonchev–Trinajstić information content (AvgIpc) is 1.99. The number of rotatable bonds is 7. The van der Waals surface area contributed by atoms with Crippen LogP contribution in [0, 0.1) is 0 Å². The summed E-state index contributed by atoms with van der Waals surface area (Å²) in [5.74, 6) is 0. The highest BCUT2D eigenvalue weighted by Gasteiger charge is 1.99. The molecular weight excluding hydrogens is 140 g/mol. The molecule has 11 heavy (non-hydrogen) atoms. The van der Waals surface area contributed by atoms with E-state index in [1.807, 2.05) is 6.92 Å². The molecule has 68 valence electrons. The van der Waals surface area contributed by atoms with Crippen LogP contribution < -0.4 is 11.5 Å². The maximum absolute atomic E-state index is 5.61. The molecule has 0 saturated heterocycles. The Kier molecular flexibility index (Phi) is 7.89. The zero-order valence-corrected chi connectivity index (χ0v) is 7.38. The Bertz CT molecular complexity index is 78.5. The molecule has 0 aliphatic carbocycles. The van der Waals surface area contributed by atoms with Crippen LogP contribution in [-0.4, -0.2) is 19.4 Å². The van der Waals surface area contributed by atoms with Crippen LogP contribution in [0.3, 0.4) is 0 Å². The molecule has 1 unspecified atom stereocenters. The van der Waals surface area contributed by atoms with E-state index in [0.717, 1.165) is 32.2 Å². The van der Waals surface area contributed by atoms with Crippen LogP contribution in [0.1, 0.15) is 32.6 Å². The van der Waals surface area contributed by atoms with Crippen molar-refractivity contribution in [2.24, 2.45) is 11.5 Å². The van der Waals surface area contributed by atoms with Crippen LogP contribution in [0.5, 0.6) is 0 Å². The Morgan fingerprint density at radius 2 is 2.00 bits per heavy atom. The van der Waals surface area contributed by atoms with Gasteiger partial charge in [-0.3, -0.25) is 0 Å². The van der Waals surface area contributed by atoms with Gasteiger partial charge in [0.15, 0.2) is 0 Å². The van der Waals surface area contributed by atoms with Crippen molar-refractivity contribution in [2.45, 2.75) is 38.8 Å². The summed E-state index contributed by atoms with van der Waals surface area (Å²) in [7, 11) is 0. The van der Waals surface area contributed by atoms with Crippen molar-refractivity contribution >= 4 is 0 Å². The molecule has 3 heteroatoms. The average molecular weight is 160 g/mol. The number of hydrogen-bond donors (Lipinski definition) is 2. The van der Waals surface area contributed by atoms with Gasteiger partial charge in [0, 0.05) is 6.61 Å².